The maximum Gasteiger partial charge on any atom is 0.0540 e. The molecule has 0 fully saturated rings. The highest BCUT2D eigenvalue weighted by molar-refractivity contribution is 5.89. The molecule has 0 atom stereocenters. The first-order chi connectivity index (χ1) is 24.8. The third-order valence-corrected chi connectivity index (χ3v) is 9.34. The normalized spacial score (nSPS) is 12.3. The lowest BCUT2D eigenvalue weighted by molar-refractivity contribution is 0.918. The van der Waals surface area contributed by atoms with Gasteiger partial charge >= 0.3 is 0 Å². The Bertz CT molecular complexity index is 2230. The largest absolute Gasteiger partial charge is 0.314 e. The molecule has 2 nitrogen and oxygen atoms in total. The fraction of sp³-hybridized carbons (Fsp3) is 0.0417. The second-order valence-electron chi connectivity index (χ2n) is 12.5. The lowest BCUT2D eigenvalue weighted by Gasteiger charge is -2.31. The van der Waals surface area contributed by atoms with Crippen LogP contribution in [0, 0.1) is 0 Å². The predicted octanol–water partition coefficient (Wildman–Crippen LogP) is 13.5. The van der Waals surface area contributed by atoms with Crippen LogP contribution in [0.4, 0.5) is 28.4 Å². The van der Waals surface area contributed by atoms with Crippen molar-refractivity contribution in [3.63, 3.8) is 0 Å². The Morgan fingerprint density at radius 1 is 0.340 bits per heavy atom. The van der Waals surface area contributed by atoms with Gasteiger partial charge in [0, 0.05) is 33.9 Å². The third kappa shape index (κ3) is 6.40. The van der Waals surface area contributed by atoms with Crippen molar-refractivity contribution in [3.8, 4) is 33.4 Å². The summed E-state index contributed by atoms with van der Waals surface area (Å²) in [5, 5.41) is 0. The van der Waals surface area contributed by atoms with Gasteiger partial charge in [-0.2, -0.15) is 0 Å². The van der Waals surface area contributed by atoms with E-state index < -0.39 is 0 Å². The summed E-state index contributed by atoms with van der Waals surface area (Å²) in [4.78, 5) is 4.78. The molecule has 0 radical (unpaired) electrons. The van der Waals surface area contributed by atoms with Gasteiger partial charge in [-0.1, -0.05) is 152 Å². The zero-order valence-corrected chi connectivity index (χ0v) is 27.9. The van der Waals surface area contributed by atoms with Gasteiger partial charge in [-0.15, -0.1) is 0 Å². The molecule has 7 aromatic carbocycles. The molecule has 2 heteroatoms. The number of benzene rings is 7. The molecule has 0 bridgehead atoms. The van der Waals surface area contributed by atoms with E-state index in [0.29, 0.717) is 0 Å². The SMILES string of the molecule is C1=CCCC(N(c2ccc(-c3ccc(N(c4ccccc4)c4ccccc4-c4ccccc4)cc3)cc2)c2ccccc2-c2ccccc2)=C1. The molecule has 0 heterocycles. The summed E-state index contributed by atoms with van der Waals surface area (Å²) in [6.45, 7) is 0. The van der Waals surface area contributed by atoms with E-state index in [1.54, 1.807) is 0 Å². The van der Waals surface area contributed by atoms with Crippen LogP contribution in [-0.4, -0.2) is 0 Å². The van der Waals surface area contributed by atoms with Crippen molar-refractivity contribution in [2.45, 2.75) is 12.8 Å². The number of anilines is 5. The molecule has 0 aliphatic heterocycles. The van der Waals surface area contributed by atoms with Crippen molar-refractivity contribution in [2.24, 2.45) is 0 Å². The fourth-order valence-corrected chi connectivity index (χ4v) is 6.91. The molecule has 0 amide bonds. The molecule has 0 unspecified atom stereocenters. The van der Waals surface area contributed by atoms with Crippen molar-refractivity contribution >= 4 is 28.4 Å². The lowest BCUT2D eigenvalue weighted by Crippen LogP contribution is -2.18. The standard InChI is InChI=1S/C48H38N2/c1-5-17-39(18-6-1)45-25-13-15-27-47(45)49(41-21-9-3-10-22-41)43-33-29-37(30-34-43)38-31-35-44(36-32-38)50(42-23-11-4-12-24-42)48-28-16-14-26-46(48)40-19-7-2-8-20-40/h1-11,13-23,25-36H,12,24H2. The fourth-order valence-electron chi connectivity index (χ4n) is 6.91. The molecule has 0 N–H and O–H groups in total. The van der Waals surface area contributed by atoms with E-state index in [1.165, 1.54) is 44.8 Å². The summed E-state index contributed by atoms with van der Waals surface area (Å²) >= 11 is 0. The van der Waals surface area contributed by atoms with E-state index in [1.807, 2.05) is 0 Å². The van der Waals surface area contributed by atoms with E-state index in [4.69, 9.17) is 0 Å². The Balaban J connectivity index is 1.14. The molecule has 0 saturated heterocycles. The molecule has 1 aliphatic carbocycles. The molecule has 50 heavy (non-hydrogen) atoms. The minimum atomic E-state index is 0.994. The van der Waals surface area contributed by atoms with E-state index in [9.17, 15) is 0 Å². The second-order valence-corrected chi connectivity index (χ2v) is 12.5. The van der Waals surface area contributed by atoms with Crippen LogP contribution in [0.2, 0.25) is 0 Å². The molecule has 1 aliphatic rings. The monoisotopic (exact) mass is 642 g/mol. The first-order valence-corrected chi connectivity index (χ1v) is 17.3. The summed E-state index contributed by atoms with van der Waals surface area (Å²) in [5.74, 6) is 0. The number of rotatable bonds is 9. The number of allylic oxidation sites excluding steroid dienone is 4. The van der Waals surface area contributed by atoms with E-state index >= 15 is 0 Å². The number of hydrogen-bond donors (Lipinski definition) is 0. The van der Waals surface area contributed by atoms with Gasteiger partial charge in [-0.3, -0.25) is 0 Å². The minimum absolute atomic E-state index is 0.994. The quantitative estimate of drug-likeness (QED) is 0.155. The molecule has 240 valence electrons. The van der Waals surface area contributed by atoms with Gasteiger partial charge in [0.05, 0.1) is 11.4 Å². The van der Waals surface area contributed by atoms with Crippen LogP contribution in [0.5, 0.6) is 0 Å². The Morgan fingerprint density at radius 2 is 0.760 bits per heavy atom. The summed E-state index contributed by atoms with van der Waals surface area (Å²) in [6, 6.07) is 67.3. The van der Waals surface area contributed by atoms with Crippen molar-refractivity contribution < 1.29 is 0 Å². The van der Waals surface area contributed by atoms with Crippen LogP contribution in [0.15, 0.2) is 212 Å². The predicted molar refractivity (Wildman–Crippen MR) is 212 cm³/mol. The number of para-hydroxylation sites is 3. The van der Waals surface area contributed by atoms with E-state index in [-0.39, 0.29) is 0 Å². The van der Waals surface area contributed by atoms with Crippen molar-refractivity contribution in [2.75, 3.05) is 9.80 Å². The minimum Gasteiger partial charge on any atom is -0.314 e. The molecule has 8 rings (SSSR count). The van der Waals surface area contributed by atoms with Gasteiger partial charge < -0.3 is 9.80 Å². The van der Waals surface area contributed by atoms with Crippen molar-refractivity contribution in [1.29, 1.82) is 0 Å². The highest BCUT2D eigenvalue weighted by atomic mass is 15.2. The van der Waals surface area contributed by atoms with Crippen LogP contribution in [0.1, 0.15) is 12.8 Å². The van der Waals surface area contributed by atoms with Crippen LogP contribution in [-0.2, 0) is 0 Å². The van der Waals surface area contributed by atoms with Crippen LogP contribution < -0.4 is 9.80 Å². The topological polar surface area (TPSA) is 6.48 Å². The van der Waals surface area contributed by atoms with Gasteiger partial charge in [-0.05, 0) is 89.7 Å². The van der Waals surface area contributed by atoms with Crippen molar-refractivity contribution in [3.05, 3.63) is 212 Å². The number of hydrogen-bond acceptors (Lipinski definition) is 2. The van der Waals surface area contributed by atoms with Gasteiger partial charge in [0.1, 0.15) is 0 Å². The van der Waals surface area contributed by atoms with Gasteiger partial charge in [0.25, 0.3) is 0 Å². The molecule has 0 spiro atoms. The Hall–Kier alpha value is -6.38. The Labute approximate surface area is 295 Å². The molecule has 0 saturated carbocycles. The molecular weight excluding hydrogens is 605 g/mol. The van der Waals surface area contributed by atoms with E-state index in [2.05, 4.69) is 216 Å². The molecular formula is C48H38N2. The summed E-state index contributed by atoms with van der Waals surface area (Å²) < 4.78 is 0. The maximum atomic E-state index is 2.43. The smallest absolute Gasteiger partial charge is 0.0540 e. The van der Waals surface area contributed by atoms with Gasteiger partial charge in [0.2, 0.25) is 0 Å². The molecule has 0 aromatic heterocycles. The lowest BCUT2D eigenvalue weighted by atomic mass is 9.99. The second kappa shape index (κ2) is 14.4. The van der Waals surface area contributed by atoms with Crippen LogP contribution in [0.25, 0.3) is 33.4 Å². The zero-order chi connectivity index (χ0) is 33.5. The first-order valence-electron chi connectivity index (χ1n) is 17.3. The van der Waals surface area contributed by atoms with E-state index in [0.717, 1.165) is 35.6 Å². The highest BCUT2D eigenvalue weighted by Crippen LogP contribution is 2.42. The van der Waals surface area contributed by atoms with Crippen LogP contribution >= 0.6 is 0 Å². The highest BCUT2D eigenvalue weighted by Gasteiger charge is 2.20. The Kier molecular flexibility index (Phi) is 8.90. The summed E-state index contributed by atoms with van der Waals surface area (Å²) in [7, 11) is 0. The Morgan fingerprint density at radius 3 is 1.26 bits per heavy atom. The van der Waals surface area contributed by atoms with Crippen molar-refractivity contribution in [1.82, 2.24) is 0 Å². The van der Waals surface area contributed by atoms with Crippen LogP contribution in [0.3, 0.4) is 0 Å². The zero-order valence-electron chi connectivity index (χ0n) is 27.9. The molecule has 7 aromatic rings. The average Bonchev–Trinajstić information content (AvgIpc) is 3.21. The first kappa shape index (κ1) is 30.9. The number of nitrogens with zero attached hydrogens (tertiary/aromatic N) is 2. The average molecular weight is 643 g/mol. The summed E-state index contributed by atoms with van der Waals surface area (Å²) in [5.41, 5.74) is 14.2. The maximum absolute atomic E-state index is 2.43. The summed E-state index contributed by atoms with van der Waals surface area (Å²) in [6.07, 6.45) is 8.72. The van der Waals surface area contributed by atoms with Gasteiger partial charge in [-0.25, -0.2) is 0 Å². The third-order valence-electron chi connectivity index (χ3n) is 9.34. The van der Waals surface area contributed by atoms with Gasteiger partial charge in [0.15, 0.2) is 0 Å².